The summed E-state index contributed by atoms with van der Waals surface area (Å²) in [4.78, 5) is 10.6. The molecule has 0 saturated heterocycles. The number of hydrogen-bond acceptors (Lipinski definition) is 3. The molecule has 1 aromatic rings. The van der Waals surface area contributed by atoms with Gasteiger partial charge in [0.05, 0.1) is 4.92 Å². The minimum atomic E-state index is -0.343. The van der Waals surface area contributed by atoms with Crippen molar-refractivity contribution in [3.05, 3.63) is 31.9 Å². The molecule has 0 aliphatic rings. The highest BCUT2D eigenvalue weighted by Gasteiger charge is 2.15. The Morgan fingerprint density at radius 1 is 1.41 bits per heavy atom. The largest absolute Gasteiger partial charge is 0.379 e. The van der Waals surface area contributed by atoms with Crippen LogP contribution in [0.1, 0.15) is 20.8 Å². The van der Waals surface area contributed by atoms with Crippen LogP contribution in [0.2, 0.25) is 0 Å². The molecule has 1 unspecified atom stereocenters. The van der Waals surface area contributed by atoms with Crippen molar-refractivity contribution in [2.45, 2.75) is 20.8 Å². The molecule has 0 heterocycles. The van der Waals surface area contributed by atoms with E-state index in [9.17, 15) is 10.1 Å². The highest BCUT2D eigenvalue weighted by molar-refractivity contribution is 14.1. The minimum Gasteiger partial charge on any atom is -0.379 e. The number of halogens is 1. The molecule has 0 bridgehead atoms. The number of anilines is 1. The van der Waals surface area contributed by atoms with Crippen LogP contribution >= 0.6 is 22.6 Å². The molecular formula is C12H17IN2O2. The zero-order valence-corrected chi connectivity index (χ0v) is 12.4. The number of nitrogens with one attached hydrogen (secondary N) is 1. The molecule has 0 spiro atoms. The van der Waals surface area contributed by atoms with Gasteiger partial charge in [-0.15, -0.1) is 0 Å². The van der Waals surface area contributed by atoms with Gasteiger partial charge in [-0.2, -0.15) is 0 Å². The second-order valence-electron chi connectivity index (χ2n) is 4.52. The normalized spacial score (nSPS) is 12.5. The maximum atomic E-state index is 10.9. The lowest BCUT2D eigenvalue weighted by Crippen LogP contribution is -2.16. The molecule has 1 N–H and O–H groups in total. The predicted octanol–water partition coefficient (Wildman–Crippen LogP) is 3.90. The molecular weight excluding hydrogens is 331 g/mol. The van der Waals surface area contributed by atoms with Gasteiger partial charge in [0.2, 0.25) is 0 Å². The summed E-state index contributed by atoms with van der Waals surface area (Å²) in [6.07, 6.45) is 0. The monoisotopic (exact) mass is 348 g/mol. The molecule has 0 fully saturated rings. The lowest BCUT2D eigenvalue weighted by atomic mass is 9.98. The third-order valence-corrected chi connectivity index (χ3v) is 3.58. The Morgan fingerprint density at radius 2 is 2.06 bits per heavy atom. The molecule has 1 aromatic carbocycles. The van der Waals surface area contributed by atoms with E-state index < -0.39 is 0 Å². The van der Waals surface area contributed by atoms with Gasteiger partial charge < -0.3 is 5.32 Å². The number of nitro benzene ring substituents is 1. The highest BCUT2D eigenvalue weighted by Crippen LogP contribution is 2.26. The summed E-state index contributed by atoms with van der Waals surface area (Å²) in [5, 5.41) is 14.1. The standard InChI is InChI=1S/C12H17IN2O2/c1-8(2)9(3)7-14-11-5-4-10(13)6-12(11)15(16)17/h4-6,8-9,14H,7H2,1-3H3. The zero-order chi connectivity index (χ0) is 13.0. The summed E-state index contributed by atoms with van der Waals surface area (Å²) < 4.78 is 0.872. The fourth-order valence-electron chi connectivity index (χ4n) is 1.31. The van der Waals surface area contributed by atoms with Gasteiger partial charge in [0.1, 0.15) is 5.69 Å². The SMILES string of the molecule is CC(C)C(C)CNc1ccc(I)cc1[N+](=O)[O-]. The average molecular weight is 348 g/mol. The average Bonchev–Trinajstić information content (AvgIpc) is 2.26. The van der Waals surface area contributed by atoms with Gasteiger partial charge >= 0.3 is 0 Å². The molecule has 17 heavy (non-hydrogen) atoms. The first kappa shape index (κ1) is 14.2. The van der Waals surface area contributed by atoms with Gasteiger partial charge in [0.25, 0.3) is 5.69 Å². The van der Waals surface area contributed by atoms with E-state index in [0.29, 0.717) is 17.5 Å². The summed E-state index contributed by atoms with van der Waals surface area (Å²) in [6, 6.07) is 5.23. The van der Waals surface area contributed by atoms with Crippen molar-refractivity contribution in [1.29, 1.82) is 0 Å². The van der Waals surface area contributed by atoms with Crippen molar-refractivity contribution < 1.29 is 4.92 Å². The molecule has 94 valence electrons. The number of nitrogens with zero attached hydrogens (tertiary/aromatic N) is 1. The first-order valence-corrected chi connectivity index (χ1v) is 6.67. The van der Waals surface area contributed by atoms with Crippen molar-refractivity contribution in [2.75, 3.05) is 11.9 Å². The van der Waals surface area contributed by atoms with E-state index in [1.54, 1.807) is 12.1 Å². The Bertz CT molecular complexity index is 407. The fraction of sp³-hybridized carbons (Fsp3) is 0.500. The van der Waals surface area contributed by atoms with Crippen molar-refractivity contribution in [2.24, 2.45) is 11.8 Å². The molecule has 0 aliphatic carbocycles. The van der Waals surface area contributed by atoms with E-state index >= 15 is 0 Å². The Kier molecular flexibility index (Phi) is 5.17. The van der Waals surface area contributed by atoms with Gasteiger partial charge in [0.15, 0.2) is 0 Å². The van der Waals surface area contributed by atoms with Crippen LogP contribution in [-0.2, 0) is 0 Å². The van der Waals surface area contributed by atoms with Gasteiger partial charge in [-0.3, -0.25) is 10.1 Å². The van der Waals surface area contributed by atoms with Gasteiger partial charge in [0, 0.05) is 16.2 Å². The third kappa shape index (κ3) is 4.14. The Labute approximate surface area is 115 Å². The maximum Gasteiger partial charge on any atom is 0.293 e. The van der Waals surface area contributed by atoms with Crippen LogP contribution in [0.3, 0.4) is 0 Å². The van der Waals surface area contributed by atoms with Crippen LogP contribution in [0.15, 0.2) is 18.2 Å². The van der Waals surface area contributed by atoms with Crippen molar-refractivity contribution in [3.63, 3.8) is 0 Å². The van der Waals surface area contributed by atoms with E-state index in [1.807, 2.05) is 6.07 Å². The third-order valence-electron chi connectivity index (χ3n) is 2.91. The molecule has 0 radical (unpaired) electrons. The highest BCUT2D eigenvalue weighted by atomic mass is 127. The Balaban J connectivity index is 2.80. The van der Waals surface area contributed by atoms with E-state index in [4.69, 9.17) is 0 Å². The number of nitro groups is 1. The molecule has 1 rings (SSSR count). The van der Waals surface area contributed by atoms with Crippen molar-refractivity contribution in [3.8, 4) is 0 Å². The van der Waals surface area contributed by atoms with Gasteiger partial charge in [-0.05, 0) is 46.6 Å². The summed E-state index contributed by atoms with van der Waals surface area (Å²) in [7, 11) is 0. The van der Waals surface area contributed by atoms with Crippen LogP contribution in [0, 0.1) is 25.5 Å². The van der Waals surface area contributed by atoms with Crippen LogP contribution in [-0.4, -0.2) is 11.5 Å². The van der Waals surface area contributed by atoms with Crippen LogP contribution in [0.4, 0.5) is 11.4 Å². The van der Waals surface area contributed by atoms with Crippen molar-refractivity contribution >= 4 is 34.0 Å². The predicted molar refractivity (Wildman–Crippen MR) is 78.3 cm³/mol. The fourth-order valence-corrected chi connectivity index (χ4v) is 1.79. The number of benzene rings is 1. The van der Waals surface area contributed by atoms with Crippen molar-refractivity contribution in [1.82, 2.24) is 0 Å². The van der Waals surface area contributed by atoms with Crippen LogP contribution in [0.5, 0.6) is 0 Å². The zero-order valence-electron chi connectivity index (χ0n) is 10.2. The van der Waals surface area contributed by atoms with E-state index in [0.717, 1.165) is 10.1 Å². The molecule has 0 amide bonds. The van der Waals surface area contributed by atoms with Crippen LogP contribution < -0.4 is 5.32 Å². The molecule has 1 atom stereocenters. The minimum absolute atomic E-state index is 0.146. The first-order valence-electron chi connectivity index (χ1n) is 5.59. The molecule has 0 aliphatic heterocycles. The Morgan fingerprint density at radius 3 is 2.59 bits per heavy atom. The second kappa shape index (κ2) is 6.18. The lowest BCUT2D eigenvalue weighted by molar-refractivity contribution is -0.384. The number of hydrogen-bond donors (Lipinski definition) is 1. The molecule has 4 nitrogen and oxygen atoms in total. The molecule has 0 saturated carbocycles. The summed E-state index contributed by atoms with van der Waals surface area (Å²) in [6.45, 7) is 7.18. The van der Waals surface area contributed by atoms with E-state index in [2.05, 4.69) is 48.7 Å². The first-order chi connectivity index (χ1) is 7.91. The van der Waals surface area contributed by atoms with Gasteiger partial charge in [-0.1, -0.05) is 20.8 Å². The van der Waals surface area contributed by atoms with E-state index in [-0.39, 0.29) is 10.6 Å². The number of rotatable bonds is 5. The second-order valence-corrected chi connectivity index (χ2v) is 5.77. The molecule has 5 heteroatoms. The quantitative estimate of drug-likeness (QED) is 0.499. The topological polar surface area (TPSA) is 55.2 Å². The maximum absolute atomic E-state index is 10.9. The summed E-state index contributed by atoms with van der Waals surface area (Å²) >= 11 is 2.08. The van der Waals surface area contributed by atoms with E-state index in [1.165, 1.54) is 0 Å². The van der Waals surface area contributed by atoms with Gasteiger partial charge in [-0.25, -0.2) is 0 Å². The lowest BCUT2D eigenvalue weighted by Gasteiger charge is -2.16. The smallest absolute Gasteiger partial charge is 0.293 e. The van der Waals surface area contributed by atoms with Crippen LogP contribution in [0.25, 0.3) is 0 Å². The summed E-state index contributed by atoms with van der Waals surface area (Å²) in [5.74, 6) is 1.04. The summed E-state index contributed by atoms with van der Waals surface area (Å²) in [5.41, 5.74) is 0.746. The Hall–Kier alpha value is -0.850. The molecule has 0 aromatic heterocycles.